The third-order valence-corrected chi connectivity index (χ3v) is 5.15. The Kier molecular flexibility index (Phi) is 6.20. The summed E-state index contributed by atoms with van der Waals surface area (Å²) in [6, 6.07) is 8.03. The molecule has 1 fully saturated rings. The number of piperidine rings is 1. The van der Waals surface area contributed by atoms with E-state index < -0.39 is 0 Å². The minimum Gasteiger partial charge on any atom is -0.338 e. The molecule has 1 atom stereocenters. The number of pyridine rings is 1. The normalized spacial score (nSPS) is 18.2. The van der Waals surface area contributed by atoms with Crippen LogP contribution in [0.2, 0.25) is 0 Å². The topological polar surface area (TPSA) is 57.3 Å². The van der Waals surface area contributed by atoms with Crippen LogP contribution in [0.5, 0.6) is 0 Å². The van der Waals surface area contributed by atoms with Crippen molar-refractivity contribution in [2.24, 2.45) is 5.92 Å². The second-order valence-electron chi connectivity index (χ2n) is 6.25. The van der Waals surface area contributed by atoms with E-state index in [2.05, 4.69) is 38.0 Å². The van der Waals surface area contributed by atoms with Gasteiger partial charge in [0, 0.05) is 43.4 Å². The number of carbonyl (C=O) groups is 1. The minimum atomic E-state index is -0.103. The Hall–Kier alpha value is -1.92. The molecule has 0 aliphatic carbocycles. The van der Waals surface area contributed by atoms with E-state index in [1.54, 1.807) is 12.4 Å². The van der Waals surface area contributed by atoms with Gasteiger partial charge in [0.05, 0.1) is 0 Å². The van der Waals surface area contributed by atoms with E-state index in [4.69, 9.17) is 0 Å². The van der Waals surface area contributed by atoms with Crippen LogP contribution in [0.1, 0.15) is 23.3 Å². The van der Waals surface area contributed by atoms with Crippen molar-refractivity contribution in [3.8, 4) is 0 Å². The second kappa shape index (κ2) is 8.80. The summed E-state index contributed by atoms with van der Waals surface area (Å²) in [5, 5.41) is 8.02. The highest BCUT2D eigenvalue weighted by molar-refractivity contribution is 7.09. The van der Waals surface area contributed by atoms with E-state index in [0.717, 1.165) is 31.7 Å². The van der Waals surface area contributed by atoms with Crippen LogP contribution >= 0.6 is 11.3 Å². The number of rotatable bonds is 6. The molecule has 1 saturated heterocycles. The SMILES string of the molecule is O=C(NCc1cccnc1)NC[C@@H]1CCCN(Cc2cccs2)C1. The summed E-state index contributed by atoms with van der Waals surface area (Å²) in [5.41, 5.74) is 1.01. The van der Waals surface area contributed by atoms with E-state index in [1.807, 2.05) is 23.5 Å². The summed E-state index contributed by atoms with van der Waals surface area (Å²) >= 11 is 1.81. The molecule has 2 N–H and O–H groups in total. The molecule has 0 bridgehead atoms. The van der Waals surface area contributed by atoms with Crippen LogP contribution in [0.15, 0.2) is 42.0 Å². The van der Waals surface area contributed by atoms with Crippen molar-refractivity contribution < 1.29 is 4.79 Å². The van der Waals surface area contributed by atoms with E-state index in [9.17, 15) is 4.79 Å². The Morgan fingerprint density at radius 2 is 2.29 bits per heavy atom. The van der Waals surface area contributed by atoms with E-state index in [-0.39, 0.29) is 6.03 Å². The van der Waals surface area contributed by atoms with Crippen molar-refractivity contribution >= 4 is 17.4 Å². The predicted molar refractivity (Wildman–Crippen MR) is 96.8 cm³/mol. The number of likely N-dealkylation sites (tertiary alicyclic amines) is 1. The monoisotopic (exact) mass is 344 g/mol. The van der Waals surface area contributed by atoms with Crippen molar-refractivity contribution in [3.05, 3.63) is 52.5 Å². The zero-order valence-corrected chi connectivity index (χ0v) is 14.6. The Morgan fingerprint density at radius 3 is 3.08 bits per heavy atom. The molecule has 0 spiro atoms. The maximum atomic E-state index is 11.9. The molecule has 2 amide bonds. The van der Waals surface area contributed by atoms with Gasteiger partial charge in [0.15, 0.2) is 0 Å². The molecule has 2 aromatic heterocycles. The summed E-state index contributed by atoms with van der Waals surface area (Å²) in [7, 11) is 0. The van der Waals surface area contributed by atoms with Gasteiger partial charge in [-0.25, -0.2) is 4.79 Å². The van der Waals surface area contributed by atoms with Gasteiger partial charge in [-0.05, 0) is 48.4 Å². The van der Waals surface area contributed by atoms with Crippen LogP contribution in [0, 0.1) is 5.92 Å². The smallest absolute Gasteiger partial charge is 0.315 e. The molecule has 5 nitrogen and oxygen atoms in total. The Balaban J connectivity index is 1.37. The van der Waals surface area contributed by atoms with Crippen molar-refractivity contribution in [2.75, 3.05) is 19.6 Å². The fraction of sp³-hybridized carbons (Fsp3) is 0.444. The van der Waals surface area contributed by atoms with E-state index in [0.29, 0.717) is 12.5 Å². The number of nitrogens with one attached hydrogen (secondary N) is 2. The van der Waals surface area contributed by atoms with Gasteiger partial charge >= 0.3 is 6.03 Å². The molecule has 3 rings (SSSR count). The number of hydrogen-bond acceptors (Lipinski definition) is 4. The van der Waals surface area contributed by atoms with Gasteiger partial charge < -0.3 is 10.6 Å². The zero-order valence-electron chi connectivity index (χ0n) is 13.8. The maximum Gasteiger partial charge on any atom is 0.315 e. The average Bonchev–Trinajstić information content (AvgIpc) is 3.12. The number of thiophene rings is 1. The Morgan fingerprint density at radius 1 is 1.33 bits per heavy atom. The highest BCUT2D eigenvalue weighted by atomic mass is 32.1. The summed E-state index contributed by atoms with van der Waals surface area (Å²) in [6.45, 7) is 4.48. The molecule has 0 saturated carbocycles. The summed E-state index contributed by atoms with van der Waals surface area (Å²) in [4.78, 5) is 19.9. The van der Waals surface area contributed by atoms with E-state index >= 15 is 0 Å². The lowest BCUT2D eigenvalue weighted by atomic mass is 9.98. The van der Waals surface area contributed by atoms with Gasteiger partial charge in [0.25, 0.3) is 0 Å². The van der Waals surface area contributed by atoms with Crippen LogP contribution in [0.3, 0.4) is 0 Å². The van der Waals surface area contributed by atoms with Crippen LogP contribution in [0.25, 0.3) is 0 Å². The number of aromatic nitrogens is 1. The third kappa shape index (κ3) is 5.32. The van der Waals surface area contributed by atoms with Gasteiger partial charge in [-0.2, -0.15) is 0 Å². The fourth-order valence-electron chi connectivity index (χ4n) is 3.07. The van der Waals surface area contributed by atoms with Crippen LogP contribution in [-0.4, -0.2) is 35.5 Å². The molecule has 2 aromatic rings. The standard InChI is InChI=1S/C18H24N4OS/c23-18(20-11-15-4-1-7-19-10-15)21-12-16-5-2-8-22(13-16)14-17-6-3-9-24-17/h1,3-4,6-7,9-10,16H,2,5,8,11-14H2,(H2,20,21,23)/t16-/m0/s1. The van der Waals surface area contributed by atoms with Crippen LogP contribution in [0.4, 0.5) is 4.79 Å². The number of carbonyl (C=O) groups excluding carboxylic acids is 1. The first kappa shape index (κ1) is 16.9. The Bertz CT molecular complexity index is 617. The maximum absolute atomic E-state index is 11.9. The van der Waals surface area contributed by atoms with E-state index in [1.165, 1.54) is 17.7 Å². The number of urea groups is 1. The predicted octanol–water partition coefficient (Wildman–Crippen LogP) is 2.85. The van der Waals surface area contributed by atoms with Gasteiger partial charge in [-0.15, -0.1) is 11.3 Å². The van der Waals surface area contributed by atoms with Crippen LogP contribution < -0.4 is 10.6 Å². The minimum absolute atomic E-state index is 0.103. The molecule has 3 heterocycles. The van der Waals surface area contributed by atoms with Crippen molar-refractivity contribution in [2.45, 2.75) is 25.9 Å². The summed E-state index contributed by atoms with van der Waals surface area (Å²) in [6.07, 6.45) is 5.89. The van der Waals surface area contributed by atoms with Gasteiger partial charge in [-0.1, -0.05) is 12.1 Å². The van der Waals surface area contributed by atoms with Gasteiger partial charge in [0.1, 0.15) is 0 Å². The largest absolute Gasteiger partial charge is 0.338 e. The molecule has 0 unspecified atom stereocenters. The second-order valence-corrected chi connectivity index (χ2v) is 7.28. The lowest BCUT2D eigenvalue weighted by Crippen LogP contribution is -2.43. The average molecular weight is 344 g/mol. The van der Waals surface area contributed by atoms with Crippen LogP contribution in [-0.2, 0) is 13.1 Å². The lowest BCUT2D eigenvalue weighted by molar-refractivity contribution is 0.166. The molecule has 1 aliphatic rings. The fourth-order valence-corrected chi connectivity index (χ4v) is 3.82. The third-order valence-electron chi connectivity index (χ3n) is 4.29. The van der Waals surface area contributed by atoms with Crippen molar-refractivity contribution in [1.29, 1.82) is 0 Å². The van der Waals surface area contributed by atoms with Crippen molar-refractivity contribution in [1.82, 2.24) is 20.5 Å². The number of amides is 2. The van der Waals surface area contributed by atoms with Gasteiger partial charge in [0.2, 0.25) is 0 Å². The highest BCUT2D eigenvalue weighted by Gasteiger charge is 2.20. The molecule has 0 aromatic carbocycles. The highest BCUT2D eigenvalue weighted by Crippen LogP contribution is 2.19. The first-order valence-corrected chi connectivity index (χ1v) is 9.33. The number of hydrogen-bond donors (Lipinski definition) is 2. The molecule has 128 valence electrons. The molecule has 6 heteroatoms. The molecule has 24 heavy (non-hydrogen) atoms. The Labute approximate surface area is 147 Å². The quantitative estimate of drug-likeness (QED) is 0.847. The molecule has 1 aliphatic heterocycles. The number of nitrogens with zero attached hydrogens (tertiary/aromatic N) is 2. The molecular weight excluding hydrogens is 320 g/mol. The first-order valence-electron chi connectivity index (χ1n) is 8.45. The zero-order chi connectivity index (χ0) is 16.6. The van der Waals surface area contributed by atoms with Gasteiger partial charge in [-0.3, -0.25) is 9.88 Å². The molecule has 0 radical (unpaired) electrons. The summed E-state index contributed by atoms with van der Waals surface area (Å²) < 4.78 is 0. The molecular formula is C18H24N4OS. The lowest BCUT2D eigenvalue weighted by Gasteiger charge is -2.32. The van der Waals surface area contributed by atoms with Crippen molar-refractivity contribution in [3.63, 3.8) is 0 Å². The first-order chi connectivity index (χ1) is 11.8. The summed E-state index contributed by atoms with van der Waals surface area (Å²) in [5.74, 6) is 0.530.